The molecule has 0 radical (unpaired) electrons. The first-order chi connectivity index (χ1) is 10.2. The summed E-state index contributed by atoms with van der Waals surface area (Å²) in [4.78, 5) is 22.0. The molecule has 4 N–H and O–H groups in total. The van der Waals surface area contributed by atoms with Gasteiger partial charge in [-0.15, -0.1) is 0 Å². The van der Waals surface area contributed by atoms with E-state index in [-0.39, 0.29) is 25.8 Å². The lowest BCUT2D eigenvalue weighted by molar-refractivity contribution is -0.138. The number of rotatable bonds is 7. The third kappa shape index (κ3) is 6.13. The van der Waals surface area contributed by atoms with Crippen molar-refractivity contribution in [1.29, 1.82) is 0 Å². The van der Waals surface area contributed by atoms with Crippen LogP contribution in [0.2, 0.25) is 0 Å². The monoisotopic (exact) mass is 318 g/mol. The highest BCUT2D eigenvalue weighted by molar-refractivity contribution is 5.81. The van der Waals surface area contributed by atoms with Gasteiger partial charge in [-0.2, -0.15) is 13.2 Å². The van der Waals surface area contributed by atoms with Gasteiger partial charge in [-0.25, -0.2) is 0 Å². The molecule has 1 atom stereocenters. The van der Waals surface area contributed by atoms with Crippen molar-refractivity contribution in [2.24, 2.45) is 5.73 Å². The zero-order chi connectivity index (χ0) is 16.8. The van der Waals surface area contributed by atoms with Crippen molar-refractivity contribution in [3.05, 3.63) is 35.4 Å². The fourth-order valence-corrected chi connectivity index (χ4v) is 1.76. The molecule has 22 heavy (non-hydrogen) atoms. The second-order valence-corrected chi connectivity index (χ2v) is 4.79. The van der Waals surface area contributed by atoms with Gasteiger partial charge in [0.1, 0.15) is 0 Å². The number of alkyl halides is 3. The Bertz CT molecular complexity index is 515. The number of nitrogens with two attached hydrogens (primary N) is 1. The van der Waals surface area contributed by atoms with Crippen molar-refractivity contribution in [3.63, 3.8) is 0 Å². The van der Waals surface area contributed by atoms with Crippen LogP contribution in [-0.4, -0.2) is 29.6 Å². The van der Waals surface area contributed by atoms with Gasteiger partial charge < -0.3 is 16.2 Å². The number of aliphatic carboxylic acids is 1. The van der Waals surface area contributed by atoms with Crippen LogP contribution in [0.5, 0.6) is 0 Å². The molecular weight excluding hydrogens is 301 g/mol. The Morgan fingerprint density at radius 2 is 1.82 bits per heavy atom. The minimum Gasteiger partial charge on any atom is -0.481 e. The first-order valence-electron chi connectivity index (χ1n) is 6.61. The van der Waals surface area contributed by atoms with Crippen LogP contribution in [0.15, 0.2) is 24.3 Å². The quantitative estimate of drug-likeness (QED) is 0.665. The number of carboxylic acid groups (broad SMARTS) is 1. The molecule has 0 aliphatic carbocycles. The van der Waals surface area contributed by atoms with E-state index in [1.54, 1.807) is 0 Å². The van der Waals surface area contributed by atoms with Crippen LogP contribution in [0, 0.1) is 0 Å². The maximum atomic E-state index is 12.4. The van der Waals surface area contributed by atoms with Crippen LogP contribution in [0.1, 0.15) is 24.0 Å². The highest BCUT2D eigenvalue weighted by Gasteiger charge is 2.30. The average Bonchev–Trinajstić information content (AvgIpc) is 2.42. The van der Waals surface area contributed by atoms with Gasteiger partial charge >= 0.3 is 12.1 Å². The number of amides is 1. The first-order valence-corrected chi connectivity index (χ1v) is 6.61. The first kappa shape index (κ1) is 18.0. The van der Waals surface area contributed by atoms with E-state index in [0.717, 1.165) is 12.1 Å². The van der Waals surface area contributed by atoms with E-state index in [0.29, 0.717) is 5.56 Å². The number of halogens is 3. The van der Waals surface area contributed by atoms with Crippen molar-refractivity contribution in [1.82, 2.24) is 5.32 Å². The van der Waals surface area contributed by atoms with E-state index in [1.807, 2.05) is 0 Å². The van der Waals surface area contributed by atoms with E-state index in [9.17, 15) is 22.8 Å². The molecule has 0 spiro atoms. The zero-order valence-electron chi connectivity index (χ0n) is 11.7. The topological polar surface area (TPSA) is 92.4 Å². The fourth-order valence-electron chi connectivity index (χ4n) is 1.76. The van der Waals surface area contributed by atoms with Crippen molar-refractivity contribution >= 4 is 11.9 Å². The Morgan fingerprint density at radius 3 is 2.32 bits per heavy atom. The average molecular weight is 318 g/mol. The third-order valence-electron chi connectivity index (χ3n) is 2.94. The predicted molar refractivity (Wildman–Crippen MR) is 73.0 cm³/mol. The van der Waals surface area contributed by atoms with Gasteiger partial charge in [0.25, 0.3) is 0 Å². The predicted octanol–water partition coefficient (Wildman–Crippen LogP) is 1.56. The van der Waals surface area contributed by atoms with Crippen molar-refractivity contribution in [2.75, 3.05) is 6.54 Å². The van der Waals surface area contributed by atoms with E-state index in [4.69, 9.17) is 10.8 Å². The summed E-state index contributed by atoms with van der Waals surface area (Å²) in [6.07, 6.45) is -4.08. The number of benzene rings is 1. The van der Waals surface area contributed by atoms with Crippen LogP contribution in [0.25, 0.3) is 0 Å². The zero-order valence-corrected chi connectivity index (χ0v) is 11.7. The Labute approximate surface area is 125 Å². The maximum absolute atomic E-state index is 12.4. The van der Waals surface area contributed by atoms with E-state index >= 15 is 0 Å². The molecule has 1 aromatic carbocycles. The Kier molecular flexibility index (Phi) is 6.36. The molecule has 0 saturated heterocycles. The minimum absolute atomic E-state index is 0.0611. The van der Waals surface area contributed by atoms with Gasteiger partial charge in [-0.3, -0.25) is 9.59 Å². The molecule has 0 aliphatic heterocycles. The van der Waals surface area contributed by atoms with Gasteiger partial charge in [0, 0.05) is 13.0 Å². The minimum atomic E-state index is -4.40. The molecule has 0 aliphatic rings. The van der Waals surface area contributed by atoms with Gasteiger partial charge in [0.05, 0.1) is 11.6 Å². The number of carbonyl (C=O) groups excluding carboxylic acids is 1. The molecule has 0 aromatic heterocycles. The number of carbonyl (C=O) groups is 2. The summed E-state index contributed by atoms with van der Waals surface area (Å²) in [6.45, 7) is 0.186. The largest absolute Gasteiger partial charge is 0.481 e. The molecule has 0 saturated carbocycles. The van der Waals surface area contributed by atoms with Crippen molar-refractivity contribution in [3.8, 4) is 0 Å². The van der Waals surface area contributed by atoms with Gasteiger partial charge in [0.15, 0.2) is 0 Å². The molecule has 1 rings (SSSR count). The van der Waals surface area contributed by atoms with Gasteiger partial charge in [0.2, 0.25) is 5.91 Å². The SMILES string of the molecule is N[C@@H](Cc1ccc(C(F)(F)F)cc1)C(=O)NCCCC(=O)O. The smallest absolute Gasteiger partial charge is 0.416 e. The van der Waals surface area contributed by atoms with Crippen LogP contribution in [0.3, 0.4) is 0 Å². The Balaban J connectivity index is 2.45. The molecular formula is C14H17F3N2O3. The lowest BCUT2D eigenvalue weighted by Gasteiger charge is -2.13. The van der Waals surface area contributed by atoms with Crippen LogP contribution in [-0.2, 0) is 22.2 Å². The Hall–Kier alpha value is -2.09. The van der Waals surface area contributed by atoms with Crippen LogP contribution in [0.4, 0.5) is 13.2 Å². The van der Waals surface area contributed by atoms with Crippen molar-refractivity contribution < 1.29 is 27.9 Å². The molecule has 0 heterocycles. The van der Waals surface area contributed by atoms with Crippen molar-refractivity contribution in [2.45, 2.75) is 31.5 Å². The Morgan fingerprint density at radius 1 is 1.23 bits per heavy atom. The van der Waals surface area contributed by atoms with Gasteiger partial charge in [-0.1, -0.05) is 12.1 Å². The lowest BCUT2D eigenvalue weighted by Crippen LogP contribution is -2.42. The second-order valence-electron chi connectivity index (χ2n) is 4.79. The second kappa shape index (κ2) is 7.79. The summed E-state index contributed by atoms with van der Waals surface area (Å²) < 4.78 is 37.2. The molecule has 122 valence electrons. The highest BCUT2D eigenvalue weighted by Crippen LogP contribution is 2.29. The third-order valence-corrected chi connectivity index (χ3v) is 2.94. The lowest BCUT2D eigenvalue weighted by atomic mass is 10.0. The number of carboxylic acids is 1. The molecule has 0 fully saturated rings. The molecule has 0 unspecified atom stereocenters. The highest BCUT2D eigenvalue weighted by atomic mass is 19.4. The number of hydrogen-bond acceptors (Lipinski definition) is 3. The number of hydrogen-bond donors (Lipinski definition) is 3. The van der Waals surface area contributed by atoms with Gasteiger partial charge in [-0.05, 0) is 30.5 Å². The van der Waals surface area contributed by atoms with E-state index < -0.39 is 29.7 Å². The maximum Gasteiger partial charge on any atom is 0.416 e. The van der Waals surface area contributed by atoms with Crippen LogP contribution >= 0.6 is 0 Å². The fraction of sp³-hybridized carbons (Fsp3) is 0.429. The molecule has 1 aromatic rings. The molecule has 0 bridgehead atoms. The number of nitrogens with one attached hydrogen (secondary N) is 1. The molecule has 1 amide bonds. The summed E-state index contributed by atoms with van der Waals surface area (Å²) in [5, 5.41) is 10.9. The molecule has 5 nitrogen and oxygen atoms in total. The molecule has 8 heteroatoms. The normalized spacial score (nSPS) is 12.7. The van der Waals surface area contributed by atoms with Crippen LogP contribution < -0.4 is 11.1 Å². The van der Waals surface area contributed by atoms with E-state index in [2.05, 4.69) is 5.32 Å². The summed E-state index contributed by atoms with van der Waals surface area (Å²) in [6, 6.07) is 3.53. The summed E-state index contributed by atoms with van der Waals surface area (Å²) in [5.74, 6) is -1.42. The summed E-state index contributed by atoms with van der Waals surface area (Å²) in [5.41, 5.74) is 5.42. The standard InChI is InChI=1S/C14H17F3N2O3/c15-14(16,17)10-5-3-9(4-6-10)8-11(18)13(22)19-7-1-2-12(20)21/h3-6,11H,1-2,7-8,18H2,(H,19,22)(H,20,21)/t11-/m0/s1. The van der Waals surface area contributed by atoms with E-state index in [1.165, 1.54) is 12.1 Å². The summed E-state index contributed by atoms with van der Waals surface area (Å²) in [7, 11) is 0. The summed E-state index contributed by atoms with van der Waals surface area (Å²) >= 11 is 0.